The molecule has 94 valence electrons. The SMILES string of the molecule is O=C(Nc1ccccc1C(F)(F)F)c1ccno1. The minimum atomic E-state index is -4.54. The molecule has 0 radical (unpaired) electrons. The molecule has 0 unspecified atom stereocenters. The molecular formula is C11H7F3N2O2. The van der Waals surface area contributed by atoms with Crippen LogP contribution in [0.5, 0.6) is 0 Å². The molecule has 0 spiro atoms. The van der Waals surface area contributed by atoms with Crippen LogP contribution in [0.3, 0.4) is 0 Å². The maximum absolute atomic E-state index is 12.7. The molecule has 18 heavy (non-hydrogen) atoms. The Balaban J connectivity index is 2.27. The van der Waals surface area contributed by atoms with Gasteiger partial charge in [0, 0.05) is 6.07 Å². The summed E-state index contributed by atoms with van der Waals surface area (Å²) in [7, 11) is 0. The number of nitrogens with zero attached hydrogens (tertiary/aromatic N) is 1. The Kier molecular flexibility index (Phi) is 3.05. The Morgan fingerprint density at radius 3 is 2.56 bits per heavy atom. The zero-order chi connectivity index (χ0) is 13.2. The molecule has 0 saturated heterocycles. The molecule has 1 aromatic carbocycles. The molecule has 1 N–H and O–H groups in total. The largest absolute Gasteiger partial charge is 0.418 e. The van der Waals surface area contributed by atoms with E-state index >= 15 is 0 Å². The summed E-state index contributed by atoms with van der Waals surface area (Å²) in [6.07, 6.45) is -3.31. The number of alkyl halides is 3. The lowest BCUT2D eigenvalue weighted by atomic mass is 10.1. The molecule has 0 atom stereocenters. The van der Waals surface area contributed by atoms with E-state index in [-0.39, 0.29) is 11.4 Å². The van der Waals surface area contributed by atoms with Gasteiger partial charge in [0.1, 0.15) is 0 Å². The van der Waals surface area contributed by atoms with Crippen molar-refractivity contribution in [2.75, 3.05) is 5.32 Å². The standard InChI is InChI=1S/C11H7F3N2O2/c12-11(13,14)7-3-1-2-4-8(7)16-10(17)9-5-6-15-18-9/h1-6H,(H,16,17). The van der Waals surface area contributed by atoms with E-state index in [0.29, 0.717) is 0 Å². The summed E-state index contributed by atoms with van der Waals surface area (Å²) in [5, 5.41) is 5.42. The Bertz CT molecular complexity index is 550. The van der Waals surface area contributed by atoms with Crippen molar-refractivity contribution in [1.29, 1.82) is 0 Å². The number of nitrogens with one attached hydrogen (secondary N) is 1. The zero-order valence-electron chi connectivity index (χ0n) is 8.86. The topological polar surface area (TPSA) is 55.1 Å². The van der Waals surface area contributed by atoms with Gasteiger partial charge in [-0.3, -0.25) is 4.79 Å². The van der Waals surface area contributed by atoms with E-state index in [1.54, 1.807) is 0 Å². The Hall–Kier alpha value is -2.31. The predicted octanol–water partition coefficient (Wildman–Crippen LogP) is 2.95. The van der Waals surface area contributed by atoms with Crippen molar-refractivity contribution in [2.45, 2.75) is 6.18 Å². The van der Waals surface area contributed by atoms with Crippen LogP contribution in [0.15, 0.2) is 41.1 Å². The van der Waals surface area contributed by atoms with E-state index < -0.39 is 17.6 Å². The number of para-hydroxylation sites is 1. The minimum Gasteiger partial charge on any atom is -0.351 e. The Morgan fingerprint density at radius 2 is 1.94 bits per heavy atom. The second kappa shape index (κ2) is 4.52. The number of benzene rings is 1. The highest BCUT2D eigenvalue weighted by Gasteiger charge is 2.33. The molecule has 1 heterocycles. The van der Waals surface area contributed by atoms with Crippen LogP contribution in [-0.4, -0.2) is 11.1 Å². The summed E-state index contributed by atoms with van der Waals surface area (Å²) in [6.45, 7) is 0. The first-order valence-electron chi connectivity index (χ1n) is 4.87. The lowest BCUT2D eigenvalue weighted by Gasteiger charge is -2.12. The quantitative estimate of drug-likeness (QED) is 0.898. The molecule has 0 aliphatic heterocycles. The van der Waals surface area contributed by atoms with Crippen molar-refractivity contribution in [2.24, 2.45) is 0 Å². The lowest BCUT2D eigenvalue weighted by molar-refractivity contribution is -0.136. The zero-order valence-corrected chi connectivity index (χ0v) is 8.86. The third kappa shape index (κ3) is 2.50. The number of rotatable bonds is 2. The van der Waals surface area contributed by atoms with Crippen molar-refractivity contribution < 1.29 is 22.5 Å². The molecule has 2 rings (SSSR count). The third-order valence-electron chi connectivity index (χ3n) is 2.14. The van der Waals surface area contributed by atoms with Crippen LogP contribution in [0, 0.1) is 0 Å². The van der Waals surface area contributed by atoms with E-state index in [2.05, 4.69) is 15.0 Å². The molecule has 0 fully saturated rings. The fourth-order valence-electron chi connectivity index (χ4n) is 1.36. The minimum absolute atomic E-state index is 0.160. The summed E-state index contributed by atoms with van der Waals surface area (Å²) < 4.78 is 42.5. The maximum atomic E-state index is 12.7. The number of hydrogen-bond donors (Lipinski definition) is 1. The number of carbonyl (C=O) groups is 1. The second-order valence-electron chi connectivity index (χ2n) is 3.37. The first kappa shape index (κ1) is 12.2. The van der Waals surface area contributed by atoms with Gasteiger partial charge in [0.2, 0.25) is 5.76 Å². The highest BCUT2D eigenvalue weighted by Crippen LogP contribution is 2.34. The fourth-order valence-corrected chi connectivity index (χ4v) is 1.36. The molecule has 0 saturated carbocycles. The van der Waals surface area contributed by atoms with E-state index in [1.165, 1.54) is 24.4 Å². The van der Waals surface area contributed by atoms with Gasteiger partial charge in [-0.15, -0.1) is 0 Å². The van der Waals surface area contributed by atoms with Crippen molar-refractivity contribution in [3.8, 4) is 0 Å². The molecule has 4 nitrogen and oxygen atoms in total. The van der Waals surface area contributed by atoms with Crippen LogP contribution in [0.4, 0.5) is 18.9 Å². The van der Waals surface area contributed by atoms with Gasteiger partial charge in [0.05, 0.1) is 17.4 Å². The number of carbonyl (C=O) groups excluding carboxylic acids is 1. The van der Waals surface area contributed by atoms with E-state index in [9.17, 15) is 18.0 Å². The van der Waals surface area contributed by atoms with Crippen molar-refractivity contribution in [1.82, 2.24) is 5.16 Å². The van der Waals surface area contributed by atoms with E-state index in [0.717, 1.165) is 12.1 Å². The highest BCUT2D eigenvalue weighted by molar-refractivity contribution is 6.02. The van der Waals surface area contributed by atoms with E-state index in [4.69, 9.17) is 0 Å². The Labute approximate surface area is 99.4 Å². The average Bonchev–Trinajstić information content (AvgIpc) is 2.81. The van der Waals surface area contributed by atoms with Gasteiger partial charge in [-0.1, -0.05) is 17.3 Å². The molecule has 1 amide bonds. The smallest absolute Gasteiger partial charge is 0.351 e. The van der Waals surface area contributed by atoms with Crippen LogP contribution in [0.2, 0.25) is 0 Å². The van der Waals surface area contributed by atoms with Crippen LogP contribution >= 0.6 is 0 Å². The first-order chi connectivity index (χ1) is 8.48. The predicted molar refractivity (Wildman–Crippen MR) is 55.9 cm³/mol. The number of aromatic nitrogens is 1. The van der Waals surface area contributed by atoms with Crippen LogP contribution < -0.4 is 5.32 Å². The summed E-state index contributed by atoms with van der Waals surface area (Å²) >= 11 is 0. The highest BCUT2D eigenvalue weighted by atomic mass is 19.4. The van der Waals surface area contributed by atoms with Gasteiger partial charge in [-0.2, -0.15) is 13.2 Å². The monoisotopic (exact) mass is 256 g/mol. The molecule has 1 aromatic heterocycles. The van der Waals surface area contributed by atoms with Gasteiger partial charge in [0.25, 0.3) is 5.91 Å². The third-order valence-corrected chi connectivity index (χ3v) is 2.14. The Morgan fingerprint density at radius 1 is 1.22 bits per heavy atom. The van der Waals surface area contributed by atoms with Crippen LogP contribution in [0.1, 0.15) is 16.1 Å². The van der Waals surface area contributed by atoms with Crippen molar-refractivity contribution in [3.05, 3.63) is 47.9 Å². The molecular weight excluding hydrogens is 249 g/mol. The molecule has 0 aliphatic carbocycles. The van der Waals surface area contributed by atoms with Crippen molar-refractivity contribution in [3.63, 3.8) is 0 Å². The van der Waals surface area contributed by atoms with Gasteiger partial charge in [-0.25, -0.2) is 0 Å². The summed E-state index contributed by atoms with van der Waals surface area (Å²) in [4.78, 5) is 11.5. The van der Waals surface area contributed by atoms with E-state index in [1.807, 2.05) is 0 Å². The summed E-state index contributed by atoms with van der Waals surface area (Å²) in [5.74, 6) is -0.948. The van der Waals surface area contributed by atoms with Gasteiger partial charge < -0.3 is 9.84 Å². The normalized spacial score (nSPS) is 11.3. The van der Waals surface area contributed by atoms with Gasteiger partial charge >= 0.3 is 6.18 Å². The second-order valence-corrected chi connectivity index (χ2v) is 3.37. The van der Waals surface area contributed by atoms with Crippen LogP contribution in [-0.2, 0) is 6.18 Å². The first-order valence-corrected chi connectivity index (χ1v) is 4.87. The lowest BCUT2D eigenvalue weighted by Crippen LogP contribution is -2.16. The molecule has 7 heteroatoms. The molecule has 0 bridgehead atoms. The number of anilines is 1. The molecule has 0 aliphatic rings. The average molecular weight is 256 g/mol. The number of amides is 1. The van der Waals surface area contributed by atoms with Crippen molar-refractivity contribution >= 4 is 11.6 Å². The molecule has 2 aromatic rings. The maximum Gasteiger partial charge on any atom is 0.418 e. The summed E-state index contributed by atoms with van der Waals surface area (Å²) in [6, 6.07) is 5.94. The fraction of sp³-hybridized carbons (Fsp3) is 0.0909. The van der Waals surface area contributed by atoms with Gasteiger partial charge in [0.15, 0.2) is 0 Å². The number of hydrogen-bond acceptors (Lipinski definition) is 3. The van der Waals surface area contributed by atoms with Gasteiger partial charge in [-0.05, 0) is 12.1 Å². The number of halogens is 3. The summed E-state index contributed by atoms with van der Waals surface area (Å²) in [5.41, 5.74) is -1.25. The van der Waals surface area contributed by atoms with Crippen LogP contribution in [0.25, 0.3) is 0 Å².